The summed E-state index contributed by atoms with van der Waals surface area (Å²) in [6.07, 6.45) is 8.60. The summed E-state index contributed by atoms with van der Waals surface area (Å²) in [5, 5.41) is 10.2. The molecule has 2 aromatic rings. The van der Waals surface area contributed by atoms with Crippen LogP contribution in [-0.2, 0) is 0 Å². The molecular formula is C16H27N5O. The molecule has 22 heavy (non-hydrogen) atoms. The molecule has 0 fully saturated rings. The van der Waals surface area contributed by atoms with Crippen molar-refractivity contribution < 1.29 is 5.11 Å². The van der Waals surface area contributed by atoms with Crippen LogP contribution in [0.1, 0.15) is 52.0 Å². The Balaban J connectivity index is 2.28. The van der Waals surface area contributed by atoms with Crippen molar-refractivity contribution in [3.8, 4) is 0 Å². The number of hydrogen-bond donors (Lipinski definition) is 1. The third kappa shape index (κ3) is 3.55. The van der Waals surface area contributed by atoms with Gasteiger partial charge in [0.2, 0.25) is 0 Å². The lowest BCUT2D eigenvalue weighted by atomic mass is 10.0. The zero-order valence-electron chi connectivity index (χ0n) is 14.0. The van der Waals surface area contributed by atoms with Crippen LogP contribution in [0.4, 0.5) is 5.82 Å². The molecule has 2 atom stereocenters. The van der Waals surface area contributed by atoms with E-state index < -0.39 is 6.10 Å². The molecule has 0 spiro atoms. The van der Waals surface area contributed by atoms with E-state index in [0.717, 1.165) is 29.8 Å². The number of aliphatic hydroxyl groups excluding tert-OH is 1. The highest BCUT2D eigenvalue weighted by molar-refractivity contribution is 5.83. The predicted octanol–water partition coefficient (Wildman–Crippen LogP) is 2.78. The van der Waals surface area contributed by atoms with Gasteiger partial charge in [-0.3, -0.25) is 0 Å². The number of anilines is 1. The van der Waals surface area contributed by atoms with Gasteiger partial charge in [-0.25, -0.2) is 15.0 Å². The van der Waals surface area contributed by atoms with Crippen LogP contribution >= 0.6 is 0 Å². The molecule has 0 aliphatic rings. The van der Waals surface area contributed by atoms with Crippen molar-refractivity contribution in [3.63, 3.8) is 0 Å². The van der Waals surface area contributed by atoms with Gasteiger partial charge >= 0.3 is 0 Å². The summed E-state index contributed by atoms with van der Waals surface area (Å²) in [6, 6.07) is 0.00627. The summed E-state index contributed by atoms with van der Waals surface area (Å²) in [7, 11) is 3.88. The van der Waals surface area contributed by atoms with Crippen LogP contribution in [0.3, 0.4) is 0 Å². The highest BCUT2D eigenvalue weighted by Crippen LogP contribution is 2.27. The molecular weight excluding hydrogens is 278 g/mol. The minimum atomic E-state index is -0.434. The van der Waals surface area contributed by atoms with Crippen molar-refractivity contribution in [1.29, 1.82) is 0 Å². The summed E-state index contributed by atoms with van der Waals surface area (Å²) in [5.41, 5.74) is 1.58. The molecule has 0 bridgehead atoms. The van der Waals surface area contributed by atoms with Gasteiger partial charge in [0.25, 0.3) is 0 Å². The predicted molar refractivity (Wildman–Crippen MR) is 89.1 cm³/mol. The van der Waals surface area contributed by atoms with Crippen LogP contribution in [0, 0.1) is 0 Å². The molecule has 1 N–H and O–H groups in total. The lowest BCUT2D eigenvalue weighted by Gasteiger charge is -2.22. The smallest absolute Gasteiger partial charge is 0.165 e. The highest BCUT2D eigenvalue weighted by Gasteiger charge is 2.21. The Morgan fingerprint density at radius 3 is 2.59 bits per heavy atom. The largest absolute Gasteiger partial charge is 0.391 e. The summed E-state index contributed by atoms with van der Waals surface area (Å²) in [5.74, 6) is 0.805. The van der Waals surface area contributed by atoms with Gasteiger partial charge in [-0.1, -0.05) is 32.6 Å². The van der Waals surface area contributed by atoms with Crippen LogP contribution in [0.25, 0.3) is 11.2 Å². The van der Waals surface area contributed by atoms with Crippen molar-refractivity contribution in [2.45, 2.75) is 58.1 Å². The first kappa shape index (κ1) is 16.7. The fourth-order valence-electron chi connectivity index (χ4n) is 2.80. The van der Waals surface area contributed by atoms with Crippen LogP contribution in [0.5, 0.6) is 0 Å². The first-order valence-corrected chi connectivity index (χ1v) is 8.09. The first-order chi connectivity index (χ1) is 10.6. The van der Waals surface area contributed by atoms with Crippen molar-refractivity contribution in [2.75, 3.05) is 19.0 Å². The normalized spacial score (nSPS) is 14.2. The maximum Gasteiger partial charge on any atom is 0.165 e. The minimum absolute atomic E-state index is 0.00627. The third-order valence-corrected chi connectivity index (χ3v) is 4.03. The lowest BCUT2D eigenvalue weighted by Crippen LogP contribution is -2.21. The number of rotatable bonds is 8. The van der Waals surface area contributed by atoms with Gasteiger partial charge in [0.05, 0.1) is 18.5 Å². The molecule has 0 radical (unpaired) electrons. The average molecular weight is 305 g/mol. The molecule has 0 aromatic carbocycles. The summed E-state index contributed by atoms with van der Waals surface area (Å²) >= 11 is 0. The molecule has 2 rings (SSSR count). The number of aromatic nitrogens is 4. The highest BCUT2D eigenvalue weighted by atomic mass is 16.3. The van der Waals surface area contributed by atoms with Crippen LogP contribution in [0.2, 0.25) is 0 Å². The molecule has 0 amide bonds. The van der Waals surface area contributed by atoms with E-state index in [1.165, 1.54) is 19.3 Å². The monoisotopic (exact) mass is 305 g/mol. The lowest BCUT2D eigenvalue weighted by molar-refractivity contribution is 0.124. The van der Waals surface area contributed by atoms with E-state index in [-0.39, 0.29) is 6.04 Å². The minimum Gasteiger partial charge on any atom is -0.391 e. The maximum absolute atomic E-state index is 10.2. The number of hydrogen-bond acceptors (Lipinski definition) is 5. The number of fused-ring (bicyclic) bond motifs is 1. The van der Waals surface area contributed by atoms with Crippen LogP contribution < -0.4 is 4.90 Å². The molecule has 2 unspecified atom stereocenters. The number of imidazole rings is 1. The summed E-state index contributed by atoms with van der Waals surface area (Å²) < 4.78 is 2.00. The molecule has 0 saturated carbocycles. The standard InChI is InChI=1S/C16H27N5O/c1-5-6-7-8-9-13(12(2)22)21-11-19-14-15(20(3)4)17-10-18-16(14)21/h10-13,22H,5-9H2,1-4H3. The Bertz CT molecular complexity index is 593. The van der Waals surface area contributed by atoms with E-state index in [1.807, 2.05) is 30.5 Å². The van der Waals surface area contributed by atoms with Crippen molar-refractivity contribution in [3.05, 3.63) is 12.7 Å². The summed E-state index contributed by atoms with van der Waals surface area (Å²) in [4.78, 5) is 15.1. The second-order valence-corrected chi connectivity index (χ2v) is 6.07. The molecule has 0 saturated heterocycles. The Labute approximate surface area is 132 Å². The Morgan fingerprint density at radius 1 is 1.18 bits per heavy atom. The molecule has 0 aliphatic heterocycles. The molecule has 2 aromatic heterocycles. The molecule has 2 heterocycles. The van der Waals surface area contributed by atoms with Gasteiger partial charge in [-0.05, 0) is 13.3 Å². The van der Waals surface area contributed by atoms with Gasteiger partial charge in [0.1, 0.15) is 6.33 Å². The SMILES string of the molecule is CCCCCCC(C(C)O)n1cnc2c(N(C)C)ncnc21. The van der Waals surface area contributed by atoms with Gasteiger partial charge in [0.15, 0.2) is 17.0 Å². The van der Waals surface area contributed by atoms with Gasteiger partial charge in [-0.15, -0.1) is 0 Å². The van der Waals surface area contributed by atoms with Crippen molar-refractivity contribution >= 4 is 17.0 Å². The van der Waals surface area contributed by atoms with Gasteiger partial charge < -0.3 is 14.6 Å². The van der Waals surface area contributed by atoms with E-state index in [2.05, 4.69) is 21.9 Å². The Hall–Kier alpha value is -1.69. The van der Waals surface area contributed by atoms with E-state index in [4.69, 9.17) is 0 Å². The molecule has 6 heteroatoms. The first-order valence-electron chi connectivity index (χ1n) is 8.09. The van der Waals surface area contributed by atoms with Crippen molar-refractivity contribution in [1.82, 2.24) is 19.5 Å². The summed E-state index contributed by atoms with van der Waals surface area (Å²) in [6.45, 7) is 4.04. The molecule has 122 valence electrons. The van der Waals surface area contributed by atoms with E-state index in [1.54, 1.807) is 12.7 Å². The van der Waals surface area contributed by atoms with E-state index in [9.17, 15) is 5.11 Å². The fourth-order valence-corrected chi connectivity index (χ4v) is 2.80. The topological polar surface area (TPSA) is 67.1 Å². The van der Waals surface area contributed by atoms with Crippen molar-refractivity contribution in [2.24, 2.45) is 0 Å². The molecule has 0 aliphatic carbocycles. The Morgan fingerprint density at radius 2 is 1.95 bits per heavy atom. The maximum atomic E-state index is 10.2. The van der Waals surface area contributed by atoms with E-state index in [0.29, 0.717) is 0 Å². The zero-order valence-corrected chi connectivity index (χ0v) is 14.0. The van der Waals surface area contributed by atoms with Gasteiger partial charge in [0, 0.05) is 14.1 Å². The zero-order chi connectivity index (χ0) is 16.1. The van der Waals surface area contributed by atoms with Crippen LogP contribution in [-0.4, -0.2) is 44.8 Å². The van der Waals surface area contributed by atoms with Gasteiger partial charge in [-0.2, -0.15) is 0 Å². The number of unbranched alkanes of at least 4 members (excludes halogenated alkanes) is 3. The fraction of sp³-hybridized carbons (Fsp3) is 0.688. The average Bonchev–Trinajstić information content (AvgIpc) is 2.90. The second-order valence-electron chi connectivity index (χ2n) is 6.07. The third-order valence-electron chi connectivity index (χ3n) is 4.03. The number of aliphatic hydroxyl groups is 1. The second kappa shape index (κ2) is 7.54. The van der Waals surface area contributed by atoms with E-state index >= 15 is 0 Å². The molecule has 6 nitrogen and oxygen atoms in total. The van der Waals surface area contributed by atoms with Crippen LogP contribution in [0.15, 0.2) is 12.7 Å². The Kier molecular flexibility index (Phi) is 5.71. The number of nitrogens with zero attached hydrogens (tertiary/aromatic N) is 5. The quantitative estimate of drug-likeness (QED) is 0.760.